The summed E-state index contributed by atoms with van der Waals surface area (Å²) in [6.07, 6.45) is 3.17. The van der Waals surface area contributed by atoms with Crippen molar-refractivity contribution in [1.29, 1.82) is 0 Å². The number of aromatic hydroxyl groups is 1. The van der Waals surface area contributed by atoms with Gasteiger partial charge in [0.25, 0.3) is 10.0 Å². The summed E-state index contributed by atoms with van der Waals surface area (Å²) in [5, 5.41) is 18.1. The molecule has 3 heterocycles. The summed E-state index contributed by atoms with van der Waals surface area (Å²) in [6.45, 7) is 11.2. The number of hydrogen-bond acceptors (Lipinski definition) is 10. The average Bonchev–Trinajstić information content (AvgIpc) is 3.40. The Kier molecular flexibility index (Phi) is 6.56. The van der Waals surface area contributed by atoms with Crippen LogP contribution < -0.4 is 10.6 Å². The van der Waals surface area contributed by atoms with Crippen molar-refractivity contribution in [3.63, 3.8) is 0 Å². The molecule has 3 aromatic rings. The van der Waals surface area contributed by atoms with E-state index in [1.54, 1.807) is 19.5 Å². The van der Waals surface area contributed by atoms with E-state index in [0.29, 0.717) is 5.70 Å². The largest absolute Gasteiger partial charge is 0.546 e. The number of aromatic nitrogens is 2. The minimum atomic E-state index is -3.97. The smallest absolute Gasteiger partial charge is 0.277 e. The predicted octanol–water partition coefficient (Wildman–Crippen LogP) is 4.66. The second-order valence-corrected chi connectivity index (χ2v) is 12.1. The van der Waals surface area contributed by atoms with Crippen molar-refractivity contribution < 1.29 is 22.5 Å². The molecular formula is C19H25N5O5S3. The highest BCUT2D eigenvalue weighted by atomic mass is 32.2. The molecule has 0 fully saturated rings. The van der Waals surface area contributed by atoms with E-state index in [0.717, 1.165) is 21.2 Å². The van der Waals surface area contributed by atoms with Gasteiger partial charge in [0.15, 0.2) is 21.1 Å². The molecule has 0 aliphatic carbocycles. The standard InChI is InChI=1S/C19H25N5O5S3/c1-11(2)24(6)32(27,28)18-14(25)13(10-30-18)20-16-17(23-31(26)22-16)21-15(19(3,4)5)12-7-8-29-9-12/h7-10,15,25H,1H2,2-6H3,(H,20,22)(H,21,23)/t15-,31?/m0/s1. The van der Waals surface area contributed by atoms with Gasteiger partial charge in [-0.05, 0) is 18.4 Å². The molecule has 0 aliphatic rings. The Bertz CT molecular complexity index is 1210. The van der Waals surface area contributed by atoms with Gasteiger partial charge in [0.05, 0.1) is 24.3 Å². The van der Waals surface area contributed by atoms with Gasteiger partial charge >= 0.3 is 0 Å². The van der Waals surface area contributed by atoms with Crippen molar-refractivity contribution >= 4 is 49.8 Å². The number of furan rings is 1. The van der Waals surface area contributed by atoms with Crippen molar-refractivity contribution in [2.75, 3.05) is 17.7 Å². The Morgan fingerprint density at radius 2 is 2.03 bits per heavy atom. The molecule has 0 saturated carbocycles. The fourth-order valence-electron chi connectivity index (χ4n) is 2.88. The van der Waals surface area contributed by atoms with Crippen molar-refractivity contribution in [1.82, 2.24) is 13.1 Å². The SMILES string of the molecule is C=C(C)N(C)S(=O)(=O)c1scc(Nc2n[s+]([O-])nc2N[C@@H](c2ccoc2)C(C)(C)C)c1O. The van der Waals surface area contributed by atoms with Gasteiger partial charge in [-0.1, -0.05) is 27.4 Å². The summed E-state index contributed by atoms with van der Waals surface area (Å²) >= 11 is -1.02. The summed E-state index contributed by atoms with van der Waals surface area (Å²) < 4.78 is 51.4. The summed E-state index contributed by atoms with van der Waals surface area (Å²) in [5.74, 6) is -0.130. The molecule has 32 heavy (non-hydrogen) atoms. The van der Waals surface area contributed by atoms with Crippen molar-refractivity contribution in [3.05, 3.63) is 41.8 Å². The Morgan fingerprint density at radius 1 is 1.38 bits per heavy atom. The van der Waals surface area contributed by atoms with E-state index < -0.39 is 26.9 Å². The number of sulfonamides is 1. The number of anilines is 3. The highest BCUT2D eigenvalue weighted by Crippen LogP contribution is 2.43. The molecule has 3 rings (SSSR count). The maximum absolute atomic E-state index is 12.7. The number of nitrogens with zero attached hydrogens (tertiary/aromatic N) is 3. The van der Waals surface area contributed by atoms with Gasteiger partial charge in [-0.15, -0.1) is 11.3 Å². The van der Waals surface area contributed by atoms with Crippen LogP contribution >= 0.6 is 22.5 Å². The Morgan fingerprint density at radius 3 is 2.59 bits per heavy atom. The normalized spacial score (nSPS) is 13.6. The molecule has 0 saturated heterocycles. The van der Waals surface area contributed by atoms with Crippen molar-refractivity contribution in [3.8, 4) is 5.75 Å². The first-order chi connectivity index (χ1) is 14.8. The van der Waals surface area contributed by atoms with Crippen molar-refractivity contribution in [2.45, 2.75) is 37.9 Å². The molecule has 0 spiro atoms. The molecule has 3 aromatic heterocycles. The van der Waals surface area contributed by atoms with E-state index in [-0.39, 0.29) is 33.0 Å². The maximum Gasteiger partial charge on any atom is 0.277 e. The zero-order valence-corrected chi connectivity index (χ0v) is 20.7. The zero-order valence-electron chi connectivity index (χ0n) is 18.2. The lowest BCUT2D eigenvalue weighted by Gasteiger charge is -2.30. The van der Waals surface area contributed by atoms with E-state index in [1.807, 2.05) is 26.8 Å². The van der Waals surface area contributed by atoms with Gasteiger partial charge in [-0.2, -0.15) is 0 Å². The molecule has 0 aliphatic heterocycles. The number of allylic oxidation sites excluding steroid dienone is 1. The molecule has 2 atom stereocenters. The van der Waals surface area contributed by atoms with Crippen LogP contribution in [0.1, 0.15) is 39.3 Å². The lowest BCUT2D eigenvalue weighted by Crippen LogP contribution is -2.25. The van der Waals surface area contributed by atoms with Crippen LogP contribution in [0.15, 0.2) is 44.9 Å². The molecule has 0 bridgehead atoms. The molecular weight excluding hydrogens is 474 g/mol. The van der Waals surface area contributed by atoms with Gasteiger partial charge in [0.1, 0.15) is 0 Å². The van der Waals surface area contributed by atoms with E-state index in [2.05, 4.69) is 26.0 Å². The second kappa shape index (κ2) is 8.73. The predicted molar refractivity (Wildman–Crippen MR) is 124 cm³/mol. The lowest BCUT2D eigenvalue weighted by atomic mass is 9.83. The minimum absolute atomic E-state index is 0.103. The topological polar surface area (TPSA) is 144 Å². The first-order valence-corrected chi connectivity index (χ1v) is 12.8. The van der Waals surface area contributed by atoms with Crippen LogP contribution in [0, 0.1) is 5.41 Å². The van der Waals surface area contributed by atoms with Crippen LogP contribution in [0.3, 0.4) is 0 Å². The third-order valence-electron chi connectivity index (χ3n) is 4.70. The Hall–Kier alpha value is -2.61. The third-order valence-corrected chi connectivity index (χ3v) is 8.76. The van der Waals surface area contributed by atoms with Gasteiger partial charge < -0.3 is 24.7 Å². The third kappa shape index (κ3) is 4.75. The molecule has 174 valence electrons. The summed E-state index contributed by atoms with van der Waals surface area (Å²) in [5.41, 5.74) is 1.01. The van der Waals surface area contributed by atoms with Crippen LogP contribution in [-0.4, -0.2) is 38.2 Å². The lowest BCUT2D eigenvalue weighted by molar-refractivity contribution is 0.345. The quantitative estimate of drug-likeness (QED) is 0.377. The number of nitrogens with one attached hydrogen (secondary N) is 2. The Labute approximate surface area is 193 Å². The second-order valence-electron chi connectivity index (χ2n) is 8.23. The molecule has 10 nitrogen and oxygen atoms in total. The average molecular weight is 500 g/mol. The van der Waals surface area contributed by atoms with Gasteiger partial charge in [-0.3, -0.25) is 4.31 Å². The molecule has 0 amide bonds. The van der Waals surface area contributed by atoms with Gasteiger partial charge in [-0.25, -0.2) is 8.42 Å². The van der Waals surface area contributed by atoms with E-state index >= 15 is 0 Å². The number of hydrogen-bond donors (Lipinski definition) is 3. The molecule has 1 unspecified atom stereocenters. The first-order valence-electron chi connectivity index (χ1n) is 9.42. The number of thiophene rings is 1. The first kappa shape index (κ1) is 24.0. The van der Waals surface area contributed by atoms with Crippen LogP contribution in [0.25, 0.3) is 0 Å². The minimum Gasteiger partial charge on any atom is -0.546 e. The van der Waals surface area contributed by atoms with E-state index in [9.17, 15) is 18.1 Å². The van der Waals surface area contributed by atoms with Crippen LogP contribution in [0.4, 0.5) is 17.3 Å². The fourth-order valence-corrected chi connectivity index (χ4v) is 6.10. The Balaban J connectivity index is 1.93. The molecule has 0 aromatic carbocycles. The zero-order chi connectivity index (χ0) is 23.8. The molecule has 13 heteroatoms. The summed E-state index contributed by atoms with van der Waals surface area (Å²) in [7, 11) is -2.62. The van der Waals surface area contributed by atoms with Crippen molar-refractivity contribution in [2.24, 2.45) is 5.41 Å². The fraction of sp³-hybridized carbons (Fsp3) is 0.368. The van der Waals surface area contributed by atoms with E-state index in [4.69, 9.17) is 4.42 Å². The van der Waals surface area contributed by atoms with Gasteiger partial charge in [0, 0.05) is 32.4 Å². The monoisotopic (exact) mass is 499 g/mol. The summed E-state index contributed by atoms with van der Waals surface area (Å²) in [6, 6.07) is 1.57. The van der Waals surface area contributed by atoms with Crippen LogP contribution in [0.2, 0.25) is 0 Å². The van der Waals surface area contributed by atoms with Crippen LogP contribution in [0.5, 0.6) is 5.75 Å². The molecule has 0 radical (unpaired) electrons. The highest BCUT2D eigenvalue weighted by Gasteiger charge is 2.32. The summed E-state index contributed by atoms with van der Waals surface area (Å²) in [4.78, 5) is 0. The van der Waals surface area contributed by atoms with Crippen LogP contribution in [-0.2, 0) is 10.0 Å². The number of rotatable bonds is 8. The van der Waals surface area contributed by atoms with E-state index in [1.165, 1.54) is 12.4 Å². The van der Waals surface area contributed by atoms with Gasteiger partial charge in [0.2, 0.25) is 11.6 Å². The molecule has 3 N–H and O–H groups in total. The maximum atomic E-state index is 12.7. The highest BCUT2D eigenvalue weighted by molar-refractivity contribution is 7.91.